The highest BCUT2D eigenvalue weighted by Crippen LogP contribution is 1.99. The van der Waals surface area contributed by atoms with Gasteiger partial charge in [-0.25, -0.2) is 4.98 Å². The summed E-state index contributed by atoms with van der Waals surface area (Å²) in [4.78, 5) is 4.29. The van der Waals surface area contributed by atoms with Crippen LogP contribution in [0.2, 0.25) is 0 Å². The lowest BCUT2D eigenvalue weighted by atomic mass is 10.2. The number of allylic oxidation sites excluding steroid dienone is 1. The van der Waals surface area contributed by atoms with E-state index in [2.05, 4.69) is 40.9 Å². The monoisotopic (exact) mass is 221 g/mol. The summed E-state index contributed by atoms with van der Waals surface area (Å²) in [7, 11) is 2.04. The van der Waals surface area contributed by atoms with Gasteiger partial charge in [0.1, 0.15) is 5.82 Å². The molecule has 0 radical (unpaired) electrons. The summed E-state index contributed by atoms with van der Waals surface area (Å²) in [6, 6.07) is 0.584. The summed E-state index contributed by atoms with van der Waals surface area (Å²) in [5.41, 5.74) is 0. The molecule has 0 amide bonds. The van der Waals surface area contributed by atoms with Crippen molar-refractivity contribution in [1.29, 1.82) is 0 Å². The summed E-state index contributed by atoms with van der Waals surface area (Å²) < 4.78 is 2.08. The largest absolute Gasteiger partial charge is 0.338 e. The molecule has 0 aliphatic rings. The molecule has 1 aromatic rings. The van der Waals surface area contributed by atoms with Crippen LogP contribution in [-0.2, 0) is 13.5 Å². The third kappa shape index (κ3) is 5.12. The van der Waals surface area contributed by atoms with E-state index in [9.17, 15) is 0 Å². The Balaban J connectivity index is 2.07. The van der Waals surface area contributed by atoms with Crippen LogP contribution in [0.4, 0.5) is 0 Å². The average molecular weight is 221 g/mol. The van der Waals surface area contributed by atoms with Gasteiger partial charge >= 0.3 is 0 Å². The van der Waals surface area contributed by atoms with Gasteiger partial charge < -0.3 is 9.88 Å². The van der Waals surface area contributed by atoms with E-state index in [1.165, 1.54) is 0 Å². The molecular weight excluding hydrogens is 198 g/mol. The van der Waals surface area contributed by atoms with Gasteiger partial charge in [-0.2, -0.15) is 0 Å². The van der Waals surface area contributed by atoms with Crippen LogP contribution in [0.15, 0.2) is 24.5 Å². The first-order chi connectivity index (χ1) is 7.70. The van der Waals surface area contributed by atoms with Crippen LogP contribution >= 0.6 is 0 Å². The zero-order chi connectivity index (χ0) is 11.8. The van der Waals surface area contributed by atoms with Crippen molar-refractivity contribution in [2.24, 2.45) is 7.05 Å². The summed E-state index contributed by atoms with van der Waals surface area (Å²) in [6.07, 6.45) is 11.6. The van der Waals surface area contributed by atoms with Crippen LogP contribution in [0.1, 0.15) is 32.5 Å². The molecule has 0 fully saturated rings. The summed E-state index contributed by atoms with van der Waals surface area (Å²) in [5, 5.41) is 3.39. The Labute approximate surface area is 98.6 Å². The maximum Gasteiger partial charge on any atom is 0.108 e. The van der Waals surface area contributed by atoms with Crippen molar-refractivity contribution in [1.82, 2.24) is 14.9 Å². The van der Waals surface area contributed by atoms with Gasteiger partial charge in [-0.1, -0.05) is 26.0 Å². The SMILES string of the molecule is CC(C)NCC/C=C/CCc1nccn1C. The topological polar surface area (TPSA) is 29.9 Å². The summed E-state index contributed by atoms with van der Waals surface area (Å²) in [5.74, 6) is 1.16. The lowest BCUT2D eigenvalue weighted by Crippen LogP contribution is -2.23. The molecule has 0 saturated carbocycles. The number of aryl methyl sites for hydroxylation is 2. The maximum atomic E-state index is 4.29. The Hall–Kier alpha value is -1.09. The number of nitrogens with one attached hydrogen (secondary N) is 1. The molecule has 0 atom stereocenters. The molecule has 3 heteroatoms. The molecule has 16 heavy (non-hydrogen) atoms. The van der Waals surface area contributed by atoms with Gasteiger partial charge in [-0.3, -0.25) is 0 Å². The Kier molecular flexibility index (Phi) is 5.86. The molecule has 0 bridgehead atoms. The predicted octanol–water partition coefficient (Wildman–Crippen LogP) is 2.30. The van der Waals surface area contributed by atoms with E-state index in [0.29, 0.717) is 6.04 Å². The van der Waals surface area contributed by atoms with Crippen molar-refractivity contribution >= 4 is 0 Å². The van der Waals surface area contributed by atoms with E-state index in [4.69, 9.17) is 0 Å². The van der Waals surface area contributed by atoms with Crippen LogP contribution in [0, 0.1) is 0 Å². The van der Waals surface area contributed by atoms with Gasteiger partial charge in [-0.15, -0.1) is 0 Å². The second kappa shape index (κ2) is 7.23. The van der Waals surface area contributed by atoms with Gasteiger partial charge in [-0.05, 0) is 19.4 Å². The second-order valence-electron chi connectivity index (χ2n) is 4.36. The molecule has 1 rings (SSSR count). The highest BCUT2D eigenvalue weighted by Gasteiger charge is 1.95. The lowest BCUT2D eigenvalue weighted by Gasteiger charge is -2.04. The quantitative estimate of drug-likeness (QED) is 0.565. The minimum Gasteiger partial charge on any atom is -0.338 e. The Morgan fingerprint density at radius 2 is 2.12 bits per heavy atom. The molecule has 1 N–H and O–H groups in total. The minimum absolute atomic E-state index is 0.584. The van der Waals surface area contributed by atoms with Crippen molar-refractivity contribution < 1.29 is 0 Å². The molecule has 0 saturated heterocycles. The maximum absolute atomic E-state index is 4.29. The first kappa shape index (κ1) is 13.0. The molecule has 0 aliphatic carbocycles. The Morgan fingerprint density at radius 1 is 1.38 bits per heavy atom. The van der Waals surface area contributed by atoms with Crippen LogP contribution in [0.3, 0.4) is 0 Å². The normalized spacial score (nSPS) is 11.8. The van der Waals surface area contributed by atoms with Crippen molar-refractivity contribution in [3.8, 4) is 0 Å². The van der Waals surface area contributed by atoms with E-state index in [-0.39, 0.29) is 0 Å². The molecule has 0 aliphatic heterocycles. The number of hydrogen-bond acceptors (Lipinski definition) is 2. The van der Waals surface area contributed by atoms with Gasteiger partial charge in [0.15, 0.2) is 0 Å². The number of rotatable bonds is 7. The third-order valence-corrected chi connectivity index (χ3v) is 2.49. The highest BCUT2D eigenvalue weighted by atomic mass is 15.0. The molecule has 3 nitrogen and oxygen atoms in total. The standard InChI is InChI=1S/C13H23N3/c1-12(2)14-9-7-5-4-6-8-13-15-10-11-16(13)3/h4-5,10-12,14H,6-9H2,1-3H3/b5-4+. The van der Waals surface area contributed by atoms with Crippen molar-refractivity contribution in [2.45, 2.75) is 39.2 Å². The molecule has 0 spiro atoms. The number of nitrogens with zero attached hydrogens (tertiary/aromatic N) is 2. The van der Waals surface area contributed by atoms with Crippen molar-refractivity contribution in [3.05, 3.63) is 30.4 Å². The molecule has 0 aromatic carbocycles. The van der Waals surface area contributed by atoms with Crippen molar-refractivity contribution in [2.75, 3.05) is 6.54 Å². The van der Waals surface area contributed by atoms with Gasteiger partial charge in [0, 0.05) is 31.9 Å². The number of imidazole rings is 1. The number of hydrogen-bond donors (Lipinski definition) is 1. The van der Waals surface area contributed by atoms with E-state index >= 15 is 0 Å². The highest BCUT2D eigenvalue weighted by molar-refractivity contribution is 4.94. The molecule has 1 heterocycles. The zero-order valence-corrected chi connectivity index (χ0v) is 10.6. The fraction of sp³-hybridized carbons (Fsp3) is 0.615. The van der Waals surface area contributed by atoms with Gasteiger partial charge in [0.25, 0.3) is 0 Å². The smallest absolute Gasteiger partial charge is 0.108 e. The number of aromatic nitrogens is 2. The van der Waals surface area contributed by atoms with Crippen LogP contribution < -0.4 is 5.32 Å². The average Bonchev–Trinajstić information content (AvgIpc) is 2.62. The zero-order valence-electron chi connectivity index (χ0n) is 10.6. The Morgan fingerprint density at radius 3 is 2.75 bits per heavy atom. The minimum atomic E-state index is 0.584. The van der Waals surface area contributed by atoms with Crippen LogP contribution in [0.25, 0.3) is 0 Å². The Bertz CT molecular complexity index is 313. The fourth-order valence-corrected chi connectivity index (χ4v) is 1.54. The van der Waals surface area contributed by atoms with E-state index < -0.39 is 0 Å². The predicted molar refractivity (Wildman–Crippen MR) is 68.4 cm³/mol. The second-order valence-corrected chi connectivity index (χ2v) is 4.36. The first-order valence-electron chi connectivity index (χ1n) is 6.04. The lowest BCUT2D eigenvalue weighted by molar-refractivity contribution is 0.594. The third-order valence-electron chi connectivity index (χ3n) is 2.49. The molecule has 90 valence electrons. The van der Waals surface area contributed by atoms with E-state index in [1.54, 1.807) is 0 Å². The van der Waals surface area contributed by atoms with Crippen LogP contribution in [-0.4, -0.2) is 22.1 Å². The molecular formula is C13H23N3. The first-order valence-corrected chi connectivity index (χ1v) is 6.04. The summed E-state index contributed by atoms with van der Waals surface area (Å²) in [6.45, 7) is 5.41. The van der Waals surface area contributed by atoms with Crippen LogP contribution in [0.5, 0.6) is 0 Å². The van der Waals surface area contributed by atoms with E-state index in [0.717, 1.165) is 31.6 Å². The van der Waals surface area contributed by atoms with E-state index in [1.807, 2.05) is 19.4 Å². The van der Waals surface area contributed by atoms with Gasteiger partial charge in [0.2, 0.25) is 0 Å². The molecule has 0 unspecified atom stereocenters. The van der Waals surface area contributed by atoms with Crippen molar-refractivity contribution in [3.63, 3.8) is 0 Å². The molecule has 1 aromatic heterocycles. The fourth-order valence-electron chi connectivity index (χ4n) is 1.54. The summed E-state index contributed by atoms with van der Waals surface area (Å²) >= 11 is 0. The van der Waals surface area contributed by atoms with Gasteiger partial charge in [0.05, 0.1) is 0 Å².